The number of benzene rings is 3. The first-order valence-corrected chi connectivity index (χ1v) is 16.3. The molecule has 2 amide bonds. The van der Waals surface area contributed by atoms with Crippen LogP contribution in [0.1, 0.15) is 61.3 Å². The molecule has 7 nitrogen and oxygen atoms in total. The molecule has 0 aliphatic heterocycles. The number of carbonyl (C=O) groups is 2. The van der Waals surface area contributed by atoms with Gasteiger partial charge >= 0.3 is 0 Å². The average Bonchev–Trinajstić information content (AvgIpc) is 3.47. The first-order valence-electron chi connectivity index (χ1n) is 14.5. The number of nitrogens with one attached hydrogen (secondary N) is 1. The summed E-state index contributed by atoms with van der Waals surface area (Å²) in [4.78, 5) is 29.5. The van der Waals surface area contributed by atoms with Crippen molar-refractivity contribution in [3.63, 3.8) is 0 Å². The molecule has 1 aliphatic rings. The third-order valence-corrected chi connectivity index (χ3v) is 10.0. The number of anilines is 1. The van der Waals surface area contributed by atoms with Crippen molar-refractivity contribution < 1.29 is 18.0 Å². The maximum atomic E-state index is 14.3. The van der Waals surface area contributed by atoms with E-state index in [4.69, 9.17) is 11.6 Å². The Morgan fingerprint density at radius 1 is 0.952 bits per heavy atom. The van der Waals surface area contributed by atoms with Crippen LogP contribution < -0.4 is 9.62 Å². The average molecular weight is 610 g/mol. The fraction of sp³-hybridized carbons (Fsp3) is 0.394. The molecule has 3 aromatic rings. The molecular formula is C33H40ClN3O4S. The van der Waals surface area contributed by atoms with Gasteiger partial charge in [-0.15, -0.1) is 0 Å². The molecule has 224 valence electrons. The van der Waals surface area contributed by atoms with Gasteiger partial charge in [0.2, 0.25) is 11.8 Å². The van der Waals surface area contributed by atoms with E-state index in [1.165, 1.54) is 17.0 Å². The van der Waals surface area contributed by atoms with Gasteiger partial charge in [-0.25, -0.2) is 8.42 Å². The Labute approximate surface area is 254 Å². The van der Waals surface area contributed by atoms with Crippen molar-refractivity contribution in [1.29, 1.82) is 0 Å². The molecule has 0 spiro atoms. The zero-order valence-corrected chi connectivity index (χ0v) is 26.3. The summed E-state index contributed by atoms with van der Waals surface area (Å²) < 4.78 is 29.3. The zero-order chi connectivity index (χ0) is 30.4. The number of hydrogen-bond acceptors (Lipinski definition) is 4. The minimum Gasteiger partial charge on any atom is -0.352 e. The van der Waals surface area contributed by atoms with Gasteiger partial charge in [0, 0.05) is 17.6 Å². The van der Waals surface area contributed by atoms with Crippen LogP contribution in [0.3, 0.4) is 0 Å². The van der Waals surface area contributed by atoms with Crippen LogP contribution in [0, 0.1) is 20.8 Å². The Morgan fingerprint density at radius 3 is 2.26 bits per heavy atom. The van der Waals surface area contributed by atoms with Crippen LogP contribution in [-0.4, -0.2) is 43.8 Å². The van der Waals surface area contributed by atoms with Gasteiger partial charge in [0.1, 0.15) is 12.6 Å². The molecule has 4 rings (SSSR count). The summed E-state index contributed by atoms with van der Waals surface area (Å²) in [5.41, 5.74) is 3.76. The van der Waals surface area contributed by atoms with Gasteiger partial charge in [0.25, 0.3) is 10.0 Å². The second kappa shape index (κ2) is 13.7. The summed E-state index contributed by atoms with van der Waals surface area (Å²) in [7, 11) is -4.16. The van der Waals surface area contributed by atoms with E-state index < -0.39 is 28.5 Å². The lowest BCUT2D eigenvalue weighted by molar-refractivity contribution is -0.140. The number of nitrogens with zero attached hydrogens (tertiary/aromatic N) is 2. The number of rotatable bonds is 11. The van der Waals surface area contributed by atoms with E-state index in [0.717, 1.165) is 46.7 Å². The Hall–Kier alpha value is -3.36. The molecule has 0 saturated heterocycles. The largest absolute Gasteiger partial charge is 0.352 e. The highest BCUT2D eigenvalue weighted by Crippen LogP contribution is 2.30. The Morgan fingerprint density at radius 2 is 1.62 bits per heavy atom. The zero-order valence-electron chi connectivity index (χ0n) is 24.8. The van der Waals surface area contributed by atoms with E-state index >= 15 is 0 Å². The number of sulfonamides is 1. The van der Waals surface area contributed by atoms with Gasteiger partial charge in [-0.3, -0.25) is 13.9 Å². The van der Waals surface area contributed by atoms with Crippen LogP contribution in [0.4, 0.5) is 5.69 Å². The van der Waals surface area contributed by atoms with Crippen molar-refractivity contribution in [3.8, 4) is 0 Å². The molecule has 1 fully saturated rings. The van der Waals surface area contributed by atoms with E-state index in [0.29, 0.717) is 22.7 Å². The molecule has 0 radical (unpaired) electrons. The van der Waals surface area contributed by atoms with Crippen LogP contribution in [0.25, 0.3) is 0 Å². The molecule has 0 heterocycles. The predicted molar refractivity (Wildman–Crippen MR) is 168 cm³/mol. The third kappa shape index (κ3) is 7.34. The van der Waals surface area contributed by atoms with Crippen molar-refractivity contribution in [2.45, 2.75) is 83.3 Å². The minimum atomic E-state index is -4.16. The predicted octanol–water partition coefficient (Wildman–Crippen LogP) is 6.33. The van der Waals surface area contributed by atoms with Crippen molar-refractivity contribution in [3.05, 3.63) is 94.0 Å². The molecule has 0 unspecified atom stereocenters. The van der Waals surface area contributed by atoms with Crippen LogP contribution in [0.2, 0.25) is 5.02 Å². The Kier molecular flexibility index (Phi) is 10.3. The molecule has 9 heteroatoms. The number of hydrogen-bond donors (Lipinski definition) is 1. The molecule has 0 bridgehead atoms. The quantitative estimate of drug-likeness (QED) is 0.275. The summed E-state index contributed by atoms with van der Waals surface area (Å²) >= 11 is 6.33. The van der Waals surface area contributed by atoms with Gasteiger partial charge in [-0.05, 0) is 81.0 Å². The standard InChI is InChI=1S/C33H40ClN3O4S/c1-5-30(33(39)35-28-12-8-9-13-28)36(21-26-11-7-6-10-24(26)3)32(38)22-37(31-20-27(34)17-16-25(31)4)42(40,41)29-18-14-23(2)15-19-29/h6-7,10-11,14-20,28,30H,5,8-9,12-13,21-22H2,1-4H3,(H,35,39)/t30-/m0/s1. The van der Waals surface area contributed by atoms with Crippen LogP contribution in [-0.2, 0) is 26.2 Å². The highest BCUT2D eigenvalue weighted by molar-refractivity contribution is 7.92. The lowest BCUT2D eigenvalue weighted by Crippen LogP contribution is -2.53. The topological polar surface area (TPSA) is 86.8 Å². The molecule has 1 N–H and O–H groups in total. The fourth-order valence-electron chi connectivity index (χ4n) is 5.46. The Bertz CT molecular complexity index is 1520. The smallest absolute Gasteiger partial charge is 0.264 e. The maximum Gasteiger partial charge on any atom is 0.264 e. The Balaban J connectivity index is 1.75. The number of aryl methyl sites for hydroxylation is 3. The lowest BCUT2D eigenvalue weighted by Gasteiger charge is -2.34. The molecule has 3 aromatic carbocycles. The van der Waals surface area contributed by atoms with Crippen LogP contribution in [0.15, 0.2) is 71.6 Å². The molecule has 1 saturated carbocycles. The van der Waals surface area contributed by atoms with Gasteiger partial charge < -0.3 is 10.2 Å². The summed E-state index contributed by atoms with van der Waals surface area (Å²) in [5, 5.41) is 3.50. The maximum absolute atomic E-state index is 14.3. The molecular weight excluding hydrogens is 570 g/mol. The first-order chi connectivity index (χ1) is 20.0. The van der Waals surface area contributed by atoms with E-state index in [1.807, 2.05) is 45.0 Å². The minimum absolute atomic E-state index is 0.0664. The summed E-state index contributed by atoms with van der Waals surface area (Å²) in [5.74, 6) is -0.681. The summed E-state index contributed by atoms with van der Waals surface area (Å²) in [6, 6.07) is 18.5. The first kappa shape index (κ1) is 31.6. The lowest BCUT2D eigenvalue weighted by atomic mass is 10.1. The van der Waals surface area contributed by atoms with E-state index in [2.05, 4.69) is 5.32 Å². The highest BCUT2D eigenvalue weighted by Gasteiger charge is 2.35. The van der Waals surface area contributed by atoms with Crippen molar-refractivity contribution in [2.24, 2.45) is 0 Å². The molecule has 1 atom stereocenters. The van der Waals surface area contributed by atoms with E-state index in [9.17, 15) is 18.0 Å². The van der Waals surface area contributed by atoms with Gasteiger partial charge in [-0.1, -0.05) is 79.4 Å². The van der Waals surface area contributed by atoms with Crippen molar-refractivity contribution in [1.82, 2.24) is 10.2 Å². The number of amides is 2. The highest BCUT2D eigenvalue weighted by atomic mass is 35.5. The van der Waals surface area contributed by atoms with Crippen LogP contribution >= 0.6 is 11.6 Å². The number of halogens is 1. The third-order valence-electron chi connectivity index (χ3n) is 8.02. The summed E-state index contributed by atoms with van der Waals surface area (Å²) in [6.45, 7) is 7.18. The van der Waals surface area contributed by atoms with Crippen molar-refractivity contribution >= 4 is 39.1 Å². The normalized spacial score (nSPS) is 14.4. The molecule has 1 aliphatic carbocycles. The van der Waals surface area contributed by atoms with Gasteiger partial charge in [0.15, 0.2) is 0 Å². The van der Waals surface area contributed by atoms with E-state index in [-0.39, 0.29) is 23.4 Å². The van der Waals surface area contributed by atoms with Gasteiger partial charge in [0.05, 0.1) is 10.6 Å². The number of carbonyl (C=O) groups excluding carboxylic acids is 2. The van der Waals surface area contributed by atoms with Gasteiger partial charge in [-0.2, -0.15) is 0 Å². The second-order valence-electron chi connectivity index (χ2n) is 11.1. The molecule has 42 heavy (non-hydrogen) atoms. The summed E-state index contributed by atoms with van der Waals surface area (Å²) in [6.07, 6.45) is 4.36. The second-order valence-corrected chi connectivity index (χ2v) is 13.4. The van der Waals surface area contributed by atoms with Crippen LogP contribution in [0.5, 0.6) is 0 Å². The molecule has 0 aromatic heterocycles. The van der Waals surface area contributed by atoms with Crippen molar-refractivity contribution in [2.75, 3.05) is 10.8 Å². The van der Waals surface area contributed by atoms with E-state index in [1.54, 1.807) is 37.3 Å². The SMILES string of the molecule is CC[C@@H](C(=O)NC1CCCC1)N(Cc1ccccc1C)C(=O)CN(c1cc(Cl)ccc1C)S(=O)(=O)c1ccc(C)cc1. The monoisotopic (exact) mass is 609 g/mol. The fourth-order valence-corrected chi connectivity index (χ4v) is 7.10.